The van der Waals surface area contributed by atoms with Gasteiger partial charge in [-0.05, 0) is 29.8 Å². The number of fused-ring (bicyclic) bond motifs is 1. The summed E-state index contributed by atoms with van der Waals surface area (Å²) in [5.74, 6) is -0.294. The molecule has 1 aliphatic heterocycles. The second kappa shape index (κ2) is 8.19. The van der Waals surface area contributed by atoms with Crippen LogP contribution < -0.4 is 10.6 Å². The molecule has 0 bridgehead atoms. The Balaban J connectivity index is 1.85. The van der Waals surface area contributed by atoms with Crippen LogP contribution in [0.2, 0.25) is 0 Å². The summed E-state index contributed by atoms with van der Waals surface area (Å²) in [6, 6.07) is 12.8. The van der Waals surface area contributed by atoms with Gasteiger partial charge in [0.05, 0.1) is 18.0 Å². The number of amides is 1. The standard InChI is InChI=1S/C21H19F3N4O2/c22-21(23,24)13-30-12-16-17(14-6-8-25-9-7-14)18(27-15-4-2-1-3-5-15)19-20(29)26-10-11-28(16)19/h1-9,27H,10-13H2,(H,26,29). The molecule has 30 heavy (non-hydrogen) atoms. The first-order valence-corrected chi connectivity index (χ1v) is 9.34. The zero-order valence-corrected chi connectivity index (χ0v) is 15.9. The molecule has 3 aromatic rings. The van der Waals surface area contributed by atoms with E-state index in [0.717, 1.165) is 11.3 Å². The third kappa shape index (κ3) is 4.16. The molecule has 1 amide bonds. The van der Waals surface area contributed by atoms with Gasteiger partial charge in [0.15, 0.2) is 0 Å². The number of halogens is 3. The highest BCUT2D eigenvalue weighted by molar-refractivity contribution is 6.04. The minimum atomic E-state index is -4.43. The van der Waals surface area contributed by atoms with Crippen LogP contribution in [0.4, 0.5) is 24.5 Å². The lowest BCUT2D eigenvalue weighted by atomic mass is 10.0. The molecular formula is C21H19F3N4O2. The van der Waals surface area contributed by atoms with Crippen LogP contribution in [-0.4, -0.2) is 34.8 Å². The molecule has 2 N–H and O–H groups in total. The fourth-order valence-electron chi connectivity index (χ4n) is 3.55. The highest BCUT2D eigenvalue weighted by Gasteiger charge is 2.32. The number of aromatic nitrogens is 2. The van der Waals surface area contributed by atoms with Gasteiger partial charge >= 0.3 is 6.18 Å². The number of pyridine rings is 1. The number of ether oxygens (including phenoxy) is 1. The van der Waals surface area contributed by atoms with Gasteiger partial charge in [0, 0.05) is 36.7 Å². The molecule has 0 spiro atoms. The largest absolute Gasteiger partial charge is 0.411 e. The van der Waals surface area contributed by atoms with E-state index in [-0.39, 0.29) is 12.5 Å². The van der Waals surface area contributed by atoms with E-state index in [1.54, 1.807) is 29.1 Å². The van der Waals surface area contributed by atoms with E-state index >= 15 is 0 Å². The van der Waals surface area contributed by atoms with Crippen LogP contribution in [0.15, 0.2) is 54.9 Å². The number of benzene rings is 1. The average Bonchev–Trinajstić information content (AvgIpc) is 3.03. The van der Waals surface area contributed by atoms with E-state index in [9.17, 15) is 18.0 Å². The van der Waals surface area contributed by atoms with Crippen molar-refractivity contribution in [2.24, 2.45) is 0 Å². The lowest BCUT2D eigenvalue weighted by Crippen LogP contribution is -2.36. The minimum Gasteiger partial charge on any atom is -0.366 e. The third-order valence-electron chi connectivity index (χ3n) is 4.72. The summed E-state index contributed by atoms with van der Waals surface area (Å²) < 4.78 is 44.7. The number of nitrogens with one attached hydrogen (secondary N) is 2. The molecule has 1 aromatic carbocycles. The first-order chi connectivity index (χ1) is 14.4. The van der Waals surface area contributed by atoms with Crippen molar-refractivity contribution in [3.8, 4) is 11.1 Å². The molecule has 0 unspecified atom stereocenters. The zero-order valence-electron chi connectivity index (χ0n) is 15.9. The summed E-state index contributed by atoms with van der Waals surface area (Å²) in [5, 5.41) is 6.08. The van der Waals surface area contributed by atoms with Crippen molar-refractivity contribution in [1.82, 2.24) is 14.9 Å². The van der Waals surface area contributed by atoms with Crippen molar-refractivity contribution >= 4 is 17.3 Å². The van der Waals surface area contributed by atoms with Crippen LogP contribution >= 0.6 is 0 Å². The summed E-state index contributed by atoms with van der Waals surface area (Å²) in [7, 11) is 0. The molecule has 0 aliphatic carbocycles. The number of anilines is 2. The molecule has 6 nitrogen and oxygen atoms in total. The van der Waals surface area contributed by atoms with E-state index in [0.29, 0.717) is 35.7 Å². The SMILES string of the molecule is O=C1NCCn2c(COCC(F)(F)F)c(-c3ccncc3)c(Nc3ccccc3)c21. The van der Waals surface area contributed by atoms with E-state index in [4.69, 9.17) is 4.74 Å². The van der Waals surface area contributed by atoms with Crippen LogP contribution in [0, 0.1) is 0 Å². The van der Waals surface area contributed by atoms with Gasteiger partial charge in [-0.25, -0.2) is 0 Å². The highest BCUT2D eigenvalue weighted by Crippen LogP contribution is 2.40. The number of carbonyl (C=O) groups is 1. The first kappa shape index (κ1) is 20.0. The van der Waals surface area contributed by atoms with Gasteiger partial charge in [-0.1, -0.05) is 18.2 Å². The fourth-order valence-corrected chi connectivity index (χ4v) is 3.55. The van der Waals surface area contributed by atoms with Crippen molar-refractivity contribution in [2.75, 3.05) is 18.5 Å². The smallest absolute Gasteiger partial charge is 0.366 e. The minimum absolute atomic E-state index is 0.284. The Bertz CT molecular complexity index is 1030. The number of rotatable bonds is 6. The van der Waals surface area contributed by atoms with Gasteiger partial charge in [-0.3, -0.25) is 9.78 Å². The maximum atomic E-state index is 12.7. The molecule has 0 saturated heterocycles. The Hall–Kier alpha value is -3.33. The van der Waals surface area contributed by atoms with E-state index < -0.39 is 12.8 Å². The molecule has 0 fully saturated rings. The monoisotopic (exact) mass is 416 g/mol. The summed E-state index contributed by atoms with van der Waals surface area (Å²) >= 11 is 0. The molecule has 4 rings (SSSR count). The summed E-state index contributed by atoms with van der Waals surface area (Å²) in [6.07, 6.45) is -1.24. The lowest BCUT2D eigenvalue weighted by molar-refractivity contribution is -0.177. The third-order valence-corrected chi connectivity index (χ3v) is 4.72. The number of nitrogens with zero attached hydrogens (tertiary/aromatic N) is 2. The molecule has 9 heteroatoms. The zero-order chi connectivity index (χ0) is 21.1. The Labute approximate surface area is 170 Å². The maximum Gasteiger partial charge on any atom is 0.411 e. The molecule has 2 aromatic heterocycles. The second-order valence-electron chi connectivity index (χ2n) is 6.79. The lowest BCUT2D eigenvalue weighted by Gasteiger charge is -2.19. The average molecular weight is 416 g/mol. The Morgan fingerprint density at radius 3 is 2.57 bits per heavy atom. The van der Waals surface area contributed by atoms with E-state index in [2.05, 4.69) is 15.6 Å². The molecule has 3 heterocycles. The predicted molar refractivity (Wildman–Crippen MR) is 105 cm³/mol. The topological polar surface area (TPSA) is 68.2 Å². The Kier molecular flexibility index (Phi) is 5.45. The van der Waals surface area contributed by atoms with Gasteiger partial charge in [0.25, 0.3) is 5.91 Å². The van der Waals surface area contributed by atoms with Crippen molar-refractivity contribution in [1.29, 1.82) is 0 Å². The van der Waals surface area contributed by atoms with E-state index in [1.807, 2.05) is 30.3 Å². The number of hydrogen-bond donors (Lipinski definition) is 2. The van der Waals surface area contributed by atoms with Crippen LogP contribution in [0.5, 0.6) is 0 Å². The van der Waals surface area contributed by atoms with Crippen LogP contribution in [0.3, 0.4) is 0 Å². The number of carbonyl (C=O) groups excluding carboxylic acids is 1. The van der Waals surface area contributed by atoms with Gasteiger partial charge in [0.2, 0.25) is 0 Å². The molecular weight excluding hydrogens is 397 g/mol. The predicted octanol–water partition coefficient (Wildman–Crippen LogP) is 4.12. The van der Waals surface area contributed by atoms with Gasteiger partial charge < -0.3 is 19.9 Å². The summed E-state index contributed by atoms with van der Waals surface area (Å²) in [5.41, 5.74) is 3.49. The number of para-hydroxylation sites is 1. The van der Waals surface area contributed by atoms with Gasteiger partial charge in [0.1, 0.15) is 12.3 Å². The molecule has 156 valence electrons. The second-order valence-corrected chi connectivity index (χ2v) is 6.79. The Morgan fingerprint density at radius 1 is 1.13 bits per heavy atom. The summed E-state index contributed by atoms with van der Waals surface area (Å²) in [4.78, 5) is 16.7. The fraction of sp³-hybridized carbons (Fsp3) is 0.238. The van der Waals surface area contributed by atoms with Crippen molar-refractivity contribution in [3.05, 3.63) is 66.2 Å². The quantitative estimate of drug-likeness (QED) is 0.635. The molecule has 0 saturated carbocycles. The molecule has 0 radical (unpaired) electrons. The highest BCUT2D eigenvalue weighted by atomic mass is 19.4. The van der Waals surface area contributed by atoms with Crippen molar-refractivity contribution in [3.63, 3.8) is 0 Å². The van der Waals surface area contributed by atoms with Crippen molar-refractivity contribution in [2.45, 2.75) is 19.3 Å². The van der Waals surface area contributed by atoms with Gasteiger partial charge in [-0.2, -0.15) is 13.2 Å². The number of hydrogen-bond acceptors (Lipinski definition) is 4. The van der Waals surface area contributed by atoms with Crippen LogP contribution in [0.1, 0.15) is 16.2 Å². The number of alkyl halides is 3. The van der Waals surface area contributed by atoms with Gasteiger partial charge in [-0.15, -0.1) is 0 Å². The van der Waals surface area contributed by atoms with Crippen LogP contribution in [-0.2, 0) is 17.9 Å². The van der Waals surface area contributed by atoms with E-state index in [1.165, 1.54) is 0 Å². The normalized spacial score (nSPS) is 13.6. The van der Waals surface area contributed by atoms with Crippen molar-refractivity contribution < 1.29 is 22.7 Å². The first-order valence-electron chi connectivity index (χ1n) is 9.34. The summed E-state index contributed by atoms with van der Waals surface area (Å²) in [6.45, 7) is -0.835. The Morgan fingerprint density at radius 2 is 1.87 bits per heavy atom. The molecule has 0 atom stereocenters. The molecule has 1 aliphatic rings. The van der Waals surface area contributed by atoms with Crippen LogP contribution in [0.25, 0.3) is 11.1 Å². The maximum absolute atomic E-state index is 12.7.